The Labute approximate surface area is 116 Å². The minimum absolute atomic E-state index is 0.103. The van der Waals surface area contributed by atoms with Gasteiger partial charge in [-0.2, -0.15) is 0 Å². The van der Waals surface area contributed by atoms with E-state index in [0.717, 1.165) is 23.4 Å². The number of aryl methyl sites for hydroxylation is 2. The van der Waals surface area contributed by atoms with Gasteiger partial charge in [-0.25, -0.2) is 4.98 Å². The van der Waals surface area contributed by atoms with Gasteiger partial charge in [-0.1, -0.05) is 12.8 Å². The minimum atomic E-state index is -0.806. The summed E-state index contributed by atoms with van der Waals surface area (Å²) in [5.74, 6) is -0.513. The molecule has 0 atom stereocenters. The summed E-state index contributed by atoms with van der Waals surface area (Å²) in [5, 5.41) is 2.84. The molecule has 0 spiro atoms. The van der Waals surface area contributed by atoms with Crippen molar-refractivity contribution in [1.82, 2.24) is 10.3 Å². The van der Waals surface area contributed by atoms with E-state index in [2.05, 4.69) is 10.3 Å². The van der Waals surface area contributed by atoms with Crippen LogP contribution in [0.25, 0.3) is 0 Å². The normalized spacial score (nSPS) is 17.3. The fraction of sp³-hybridized carbons (Fsp3) is 0.615. The lowest BCUT2D eigenvalue weighted by atomic mass is 9.96. The monoisotopic (exact) mass is 281 g/mol. The lowest BCUT2D eigenvalue weighted by Gasteiger charge is -2.26. The lowest BCUT2D eigenvalue weighted by molar-refractivity contribution is -0.131. The molecule has 2 rings (SSSR count). The number of carbonyl (C=O) groups is 2. The van der Waals surface area contributed by atoms with E-state index in [9.17, 15) is 9.59 Å². The number of nitrogens with two attached hydrogens (primary N) is 1. The molecule has 1 fully saturated rings. The smallest absolute Gasteiger partial charge is 0.243 e. The zero-order chi connectivity index (χ0) is 13.9. The van der Waals surface area contributed by atoms with Crippen molar-refractivity contribution in [2.75, 3.05) is 0 Å². The van der Waals surface area contributed by atoms with Crippen molar-refractivity contribution < 1.29 is 9.59 Å². The van der Waals surface area contributed by atoms with Gasteiger partial charge in [-0.05, 0) is 26.2 Å². The Balaban J connectivity index is 1.90. The van der Waals surface area contributed by atoms with Gasteiger partial charge >= 0.3 is 0 Å². The van der Waals surface area contributed by atoms with E-state index in [1.807, 2.05) is 6.92 Å². The molecule has 1 aliphatic carbocycles. The Kier molecular flexibility index (Phi) is 4.19. The fourth-order valence-electron chi connectivity index (χ4n) is 2.53. The number of primary amides is 1. The maximum absolute atomic E-state index is 12.0. The molecule has 104 valence electrons. The zero-order valence-electron chi connectivity index (χ0n) is 11.1. The summed E-state index contributed by atoms with van der Waals surface area (Å²) in [6.45, 7) is 1.94. The molecule has 1 aliphatic rings. The third-order valence-electron chi connectivity index (χ3n) is 3.73. The van der Waals surface area contributed by atoms with E-state index >= 15 is 0 Å². The van der Waals surface area contributed by atoms with Crippen LogP contribution < -0.4 is 11.1 Å². The van der Waals surface area contributed by atoms with Crippen LogP contribution in [0.1, 0.15) is 42.7 Å². The molecule has 0 aliphatic heterocycles. The lowest BCUT2D eigenvalue weighted by Crippen LogP contribution is -2.55. The third-order valence-corrected chi connectivity index (χ3v) is 4.73. The van der Waals surface area contributed by atoms with Gasteiger partial charge in [0.05, 0.1) is 11.2 Å². The molecule has 0 aromatic carbocycles. The molecule has 0 saturated heterocycles. The number of aromatic nitrogens is 1. The summed E-state index contributed by atoms with van der Waals surface area (Å²) < 4.78 is 0. The van der Waals surface area contributed by atoms with E-state index < -0.39 is 11.4 Å². The third kappa shape index (κ3) is 3.12. The summed E-state index contributed by atoms with van der Waals surface area (Å²) in [4.78, 5) is 28.8. The highest BCUT2D eigenvalue weighted by Gasteiger charge is 2.40. The standard InChI is InChI=1S/C13H19N3O2S/c1-9-10(19-8-15-9)4-5-11(17)16-13(12(14)18)6-2-3-7-13/h8H,2-7H2,1H3,(H2,14,18)(H,16,17). The maximum Gasteiger partial charge on any atom is 0.243 e. The van der Waals surface area contributed by atoms with E-state index in [-0.39, 0.29) is 5.91 Å². The molecular weight excluding hydrogens is 262 g/mol. The molecular formula is C13H19N3O2S. The largest absolute Gasteiger partial charge is 0.368 e. The first-order chi connectivity index (χ1) is 9.03. The summed E-state index contributed by atoms with van der Waals surface area (Å²) in [5.41, 5.74) is 7.39. The number of carbonyl (C=O) groups excluding carboxylic acids is 2. The molecule has 2 amide bonds. The topological polar surface area (TPSA) is 85.1 Å². The molecule has 6 heteroatoms. The first kappa shape index (κ1) is 14.0. The highest BCUT2D eigenvalue weighted by Crippen LogP contribution is 2.29. The van der Waals surface area contributed by atoms with Crippen LogP contribution in [0.5, 0.6) is 0 Å². The predicted octanol–water partition coefficient (Wildman–Crippen LogP) is 1.30. The molecule has 0 bridgehead atoms. The second kappa shape index (κ2) is 5.69. The van der Waals surface area contributed by atoms with Gasteiger partial charge in [-0.3, -0.25) is 9.59 Å². The van der Waals surface area contributed by atoms with E-state index in [0.29, 0.717) is 25.7 Å². The van der Waals surface area contributed by atoms with E-state index in [4.69, 9.17) is 5.73 Å². The van der Waals surface area contributed by atoms with Crippen LogP contribution in [0.4, 0.5) is 0 Å². The number of amides is 2. The van der Waals surface area contributed by atoms with Crippen molar-refractivity contribution in [2.24, 2.45) is 5.73 Å². The molecule has 1 heterocycles. The van der Waals surface area contributed by atoms with Crippen LogP contribution >= 0.6 is 11.3 Å². The molecule has 5 nitrogen and oxygen atoms in total. The van der Waals surface area contributed by atoms with Gasteiger partial charge in [-0.15, -0.1) is 11.3 Å². The maximum atomic E-state index is 12.0. The van der Waals surface area contributed by atoms with Crippen LogP contribution in [0.15, 0.2) is 5.51 Å². The Morgan fingerprint density at radius 1 is 1.47 bits per heavy atom. The number of hydrogen-bond donors (Lipinski definition) is 2. The van der Waals surface area contributed by atoms with Gasteiger partial charge in [0, 0.05) is 11.3 Å². The average molecular weight is 281 g/mol. The number of nitrogens with zero attached hydrogens (tertiary/aromatic N) is 1. The van der Waals surface area contributed by atoms with Crippen LogP contribution in [0.3, 0.4) is 0 Å². The predicted molar refractivity (Wildman–Crippen MR) is 73.7 cm³/mol. The highest BCUT2D eigenvalue weighted by atomic mass is 32.1. The Morgan fingerprint density at radius 2 is 2.16 bits per heavy atom. The van der Waals surface area contributed by atoms with E-state index in [1.54, 1.807) is 16.8 Å². The summed E-state index contributed by atoms with van der Waals surface area (Å²) in [6.07, 6.45) is 4.24. The van der Waals surface area contributed by atoms with Crippen molar-refractivity contribution >= 4 is 23.2 Å². The Hall–Kier alpha value is -1.43. The van der Waals surface area contributed by atoms with Crippen LogP contribution in [0, 0.1) is 6.92 Å². The summed E-state index contributed by atoms with van der Waals surface area (Å²) >= 11 is 1.56. The van der Waals surface area contributed by atoms with Gasteiger partial charge < -0.3 is 11.1 Å². The van der Waals surface area contributed by atoms with Crippen LogP contribution in [-0.2, 0) is 16.0 Å². The van der Waals surface area contributed by atoms with Crippen molar-refractivity contribution in [3.05, 3.63) is 16.1 Å². The van der Waals surface area contributed by atoms with Gasteiger partial charge in [0.15, 0.2) is 0 Å². The second-order valence-corrected chi connectivity index (χ2v) is 6.00. The number of hydrogen-bond acceptors (Lipinski definition) is 4. The number of thiazole rings is 1. The fourth-order valence-corrected chi connectivity index (χ4v) is 3.32. The minimum Gasteiger partial charge on any atom is -0.368 e. The average Bonchev–Trinajstić information content (AvgIpc) is 2.97. The van der Waals surface area contributed by atoms with E-state index in [1.165, 1.54) is 0 Å². The molecule has 0 radical (unpaired) electrons. The van der Waals surface area contributed by atoms with Crippen LogP contribution in [0.2, 0.25) is 0 Å². The van der Waals surface area contributed by atoms with Gasteiger partial charge in [0.1, 0.15) is 5.54 Å². The number of rotatable bonds is 5. The van der Waals surface area contributed by atoms with Gasteiger partial charge in [0.25, 0.3) is 0 Å². The highest BCUT2D eigenvalue weighted by molar-refractivity contribution is 7.09. The van der Waals surface area contributed by atoms with Crippen molar-refractivity contribution in [1.29, 1.82) is 0 Å². The molecule has 3 N–H and O–H groups in total. The van der Waals surface area contributed by atoms with Crippen molar-refractivity contribution in [3.8, 4) is 0 Å². The summed E-state index contributed by atoms with van der Waals surface area (Å²) in [7, 11) is 0. The first-order valence-corrected chi connectivity index (χ1v) is 7.41. The van der Waals surface area contributed by atoms with Crippen LogP contribution in [-0.4, -0.2) is 22.3 Å². The van der Waals surface area contributed by atoms with Crippen molar-refractivity contribution in [2.45, 2.75) is 51.0 Å². The van der Waals surface area contributed by atoms with Crippen molar-refractivity contribution in [3.63, 3.8) is 0 Å². The first-order valence-electron chi connectivity index (χ1n) is 6.53. The number of nitrogens with one attached hydrogen (secondary N) is 1. The SMILES string of the molecule is Cc1ncsc1CCC(=O)NC1(C(N)=O)CCCC1. The molecule has 19 heavy (non-hydrogen) atoms. The second-order valence-electron chi connectivity index (χ2n) is 5.06. The molecule has 1 aromatic heterocycles. The Morgan fingerprint density at radius 3 is 2.68 bits per heavy atom. The quantitative estimate of drug-likeness (QED) is 0.853. The Bertz CT molecular complexity index is 478. The molecule has 1 aromatic rings. The zero-order valence-corrected chi connectivity index (χ0v) is 11.9. The summed E-state index contributed by atoms with van der Waals surface area (Å²) in [6, 6.07) is 0. The molecule has 0 unspecified atom stereocenters. The molecule has 1 saturated carbocycles. The van der Waals surface area contributed by atoms with Gasteiger partial charge in [0.2, 0.25) is 11.8 Å².